The summed E-state index contributed by atoms with van der Waals surface area (Å²) >= 11 is 0. The van der Waals surface area contributed by atoms with Gasteiger partial charge in [-0.3, -0.25) is 4.79 Å². The Kier molecular flexibility index (Phi) is 2.94. The molecule has 0 radical (unpaired) electrons. The first kappa shape index (κ1) is 13.6. The number of carbonyl (C=O) groups is 1. The molecule has 1 aliphatic carbocycles. The number of nitrogens with zero attached hydrogens (tertiary/aromatic N) is 2. The molecular weight excluding hydrogens is 276 g/mol. The van der Waals surface area contributed by atoms with Gasteiger partial charge in [0.25, 0.3) is 0 Å². The topological polar surface area (TPSA) is 66.9 Å². The van der Waals surface area contributed by atoms with Crippen LogP contribution in [0.1, 0.15) is 19.5 Å². The van der Waals surface area contributed by atoms with E-state index in [-0.39, 0.29) is 11.8 Å². The van der Waals surface area contributed by atoms with Crippen molar-refractivity contribution in [2.45, 2.75) is 19.4 Å². The van der Waals surface area contributed by atoms with Gasteiger partial charge in [0.1, 0.15) is 6.33 Å². The molecule has 22 heavy (non-hydrogen) atoms. The molecule has 4 rings (SSSR count). The van der Waals surface area contributed by atoms with Gasteiger partial charge in [-0.2, -0.15) is 0 Å². The lowest BCUT2D eigenvalue weighted by molar-refractivity contribution is -0.124. The second-order valence-electron chi connectivity index (χ2n) is 6.87. The van der Waals surface area contributed by atoms with Gasteiger partial charge in [0.2, 0.25) is 5.91 Å². The largest absolute Gasteiger partial charge is 0.345 e. The van der Waals surface area contributed by atoms with Crippen molar-refractivity contribution >= 4 is 16.8 Å². The highest BCUT2D eigenvalue weighted by molar-refractivity contribution is 5.85. The second-order valence-corrected chi connectivity index (χ2v) is 6.87. The molecule has 2 N–H and O–H groups in total. The molecule has 5 heteroatoms. The molecule has 1 saturated heterocycles. The molecule has 0 bridgehead atoms. The minimum absolute atomic E-state index is 0.157. The number of hydrogen-bond acceptors (Lipinski definition) is 4. The van der Waals surface area contributed by atoms with Gasteiger partial charge in [-0.05, 0) is 44.8 Å². The first-order valence-corrected chi connectivity index (χ1v) is 7.81. The number of amides is 1. The SMILES string of the molecule is CC(C)(NC(=O)[C@H]1[C@@H]2CNC[C@@H]21)c1ncnc2ccccc12. The fourth-order valence-corrected chi connectivity index (χ4v) is 3.76. The van der Waals surface area contributed by atoms with Crippen LogP contribution >= 0.6 is 0 Å². The summed E-state index contributed by atoms with van der Waals surface area (Å²) in [6.45, 7) is 5.96. The van der Waals surface area contributed by atoms with E-state index in [0.29, 0.717) is 11.8 Å². The van der Waals surface area contributed by atoms with Crippen LogP contribution in [0.4, 0.5) is 0 Å². The number of nitrogens with one attached hydrogen (secondary N) is 2. The van der Waals surface area contributed by atoms with E-state index < -0.39 is 5.54 Å². The van der Waals surface area contributed by atoms with Crippen LogP contribution in [0.25, 0.3) is 10.9 Å². The Morgan fingerprint density at radius 2 is 1.95 bits per heavy atom. The second kappa shape index (κ2) is 4.74. The van der Waals surface area contributed by atoms with E-state index in [1.807, 2.05) is 38.1 Å². The minimum atomic E-state index is -0.510. The lowest BCUT2D eigenvalue weighted by Gasteiger charge is -2.27. The third-order valence-corrected chi connectivity index (χ3v) is 4.96. The molecule has 0 spiro atoms. The molecule has 2 aliphatic rings. The average molecular weight is 296 g/mol. The highest BCUT2D eigenvalue weighted by Gasteiger charge is 2.57. The molecule has 1 aliphatic heterocycles. The maximum absolute atomic E-state index is 12.6. The third-order valence-electron chi connectivity index (χ3n) is 4.96. The Balaban J connectivity index is 1.61. The summed E-state index contributed by atoms with van der Waals surface area (Å²) in [5.74, 6) is 1.38. The Labute approximate surface area is 129 Å². The normalized spacial score (nSPS) is 26.7. The van der Waals surface area contributed by atoms with E-state index >= 15 is 0 Å². The molecule has 1 aromatic heterocycles. The summed E-state index contributed by atoms with van der Waals surface area (Å²) in [7, 11) is 0. The summed E-state index contributed by atoms with van der Waals surface area (Å²) in [4.78, 5) is 21.3. The summed E-state index contributed by atoms with van der Waals surface area (Å²) < 4.78 is 0. The van der Waals surface area contributed by atoms with Crippen molar-refractivity contribution in [3.8, 4) is 0 Å². The number of aromatic nitrogens is 2. The molecule has 0 unspecified atom stereocenters. The maximum Gasteiger partial charge on any atom is 0.224 e. The van der Waals surface area contributed by atoms with Crippen LogP contribution < -0.4 is 10.6 Å². The smallest absolute Gasteiger partial charge is 0.224 e. The molecule has 5 nitrogen and oxygen atoms in total. The first-order chi connectivity index (χ1) is 10.6. The van der Waals surface area contributed by atoms with Crippen molar-refractivity contribution in [2.75, 3.05) is 13.1 Å². The van der Waals surface area contributed by atoms with E-state index in [1.165, 1.54) is 0 Å². The van der Waals surface area contributed by atoms with E-state index in [0.717, 1.165) is 29.7 Å². The highest BCUT2D eigenvalue weighted by Crippen LogP contribution is 2.49. The molecule has 2 heterocycles. The van der Waals surface area contributed by atoms with Crippen molar-refractivity contribution < 1.29 is 4.79 Å². The minimum Gasteiger partial charge on any atom is -0.345 e. The van der Waals surface area contributed by atoms with E-state index in [2.05, 4.69) is 20.6 Å². The van der Waals surface area contributed by atoms with Crippen molar-refractivity contribution in [3.05, 3.63) is 36.3 Å². The van der Waals surface area contributed by atoms with Crippen LogP contribution in [0.5, 0.6) is 0 Å². The Hall–Kier alpha value is -2.01. The Morgan fingerprint density at radius 1 is 1.23 bits per heavy atom. The zero-order valence-electron chi connectivity index (χ0n) is 12.8. The number of fused-ring (bicyclic) bond motifs is 2. The van der Waals surface area contributed by atoms with Crippen LogP contribution in [0.15, 0.2) is 30.6 Å². The monoisotopic (exact) mass is 296 g/mol. The maximum atomic E-state index is 12.6. The fraction of sp³-hybridized carbons (Fsp3) is 0.471. The number of carbonyl (C=O) groups excluding carboxylic acids is 1. The number of piperidine rings is 1. The van der Waals surface area contributed by atoms with Gasteiger partial charge in [0.05, 0.1) is 16.7 Å². The lowest BCUT2D eigenvalue weighted by atomic mass is 9.95. The van der Waals surface area contributed by atoms with Gasteiger partial charge in [-0.25, -0.2) is 9.97 Å². The van der Waals surface area contributed by atoms with Crippen LogP contribution in [0, 0.1) is 17.8 Å². The predicted molar refractivity (Wildman–Crippen MR) is 84.0 cm³/mol. The van der Waals surface area contributed by atoms with Gasteiger partial charge in [0, 0.05) is 11.3 Å². The number of benzene rings is 1. The van der Waals surface area contributed by atoms with Gasteiger partial charge in [-0.1, -0.05) is 18.2 Å². The van der Waals surface area contributed by atoms with Crippen molar-refractivity contribution in [1.29, 1.82) is 0 Å². The summed E-state index contributed by atoms with van der Waals surface area (Å²) in [6, 6.07) is 7.91. The predicted octanol–water partition coefficient (Wildman–Crippen LogP) is 1.45. The van der Waals surface area contributed by atoms with Gasteiger partial charge in [-0.15, -0.1) is 0 Å². The highest BCUT2D eigenvalue weighted by atomic mass is 16.2. The van der Waals surface area contributed by atoms with E-state index in [9.17, 15) is 4.79 Å². The van der Waals surface area contributed by atoms with Gasteiger partial charge < -0.3 is 10.6 Å². The lowest BCUT2D eigenvalue weighted by Crippen LogP contribution is -2.43. The summed E-state index contributed by atoms with van der Waals surface area (Å²) in [5.41, 5.74) is 1.27. The van der Waals surface area contributed by atoms with Crippen molar-refractivity contribution in [2.24, 2.45) is 17.8 Å². The number of rotatable bonds is 3. The van der Waals surface area contributed by atoms with Crippen molar-refractivity contribution in [1.82, 2.24) is 20.6 Å². The third kappa shape index (κ3) is 2.08. The zero-order valence-corrected chi connectivity index (χ0v) is 12.8. The van der Waals surface area contributed by atoms with Crippen molar-refractivity contribution in [3.63, 3.8) is 0 Å². The number of para-hydroxylation sites is 1. The van der Waals surface area contributed by atoms with Crippen LogP contribution in [-0.4, -0.2) is 29.0 Å². The molecule has 2 aromatic rings. The molecule has 114 valence electrons. The molecule has 1 saturated carbocycles. The van der Waals surface area contributed by atoms with Crippen LogP contribution in [0.3, 0.4) is 0 Å². The quantitative estimate of drug-likeness (QED) is 0.899. The van der Waals surface area contributed by atoms with Crippen LogP contribution in [-0.2, 0) is 10.3 Å². The average Bonchev–Trinajstić information content (AvgIpc) is 3.00. The van der Waals surface area contributed by atoms with E-state index in [1.54, 1.807) is 6.33 Å². The molecule has 2 fully saturated rings. The molecular formula is C17H20N4O. The molecule has 1 aromatic carbocycles. The molecule has 3 atom stereocenters. The van der Waals surface area contributed by atoms with Crippen LogP contribution in [0.2, 0.25) is 0 Å². The zero-order chi connectivity index (χ0) is 15.3. The Bertz CT molecular complexity index is 727. The summed E-state index contributed by atoms with van der Waals surface area (Å²) in [5, 5.41) is 7.52. The standard InChI is InChI=1S/C17H20N4O/c1-17(2,21-16(22)14-11-7-18-8-12(11)14)15-10-5-3-4-6-13(10)19-9-20-15/h3-6,9,11-12,14,18H,7-8H2,1-2H3,(H,21,22)/t11-,12+,14+. The fourth-order valence-electron chi connectivity index (χ4n) is 3.76. The Morgan fingerprint density at radius 3 is 2.73 bits per heavy atom. The van der Waals surface area contributed by atoms with Gasteiger partial charge in [0.15, 0.2) is 0 Å². The summed E-state index contributed by atoms with van der Waals surface area (Å²) in [6.07, 6.45) is 1.57. The van der Waals surface area contributed by atoms with E-state index in [4.69, 9.17) is 0 Å². The molecule has 1 amide bonds. The number of hydrogen-bond donors (Lipinski definition) is 2. The van der Waals surface area contributed by atoms with Gasteiger partial charge >= 0.3 is 0 Å². The first-order valence-electron chi connectivity index (χ1n) is 7.81.